The van der Waals surface area contributed by atoms with Gasteiger partial charge in [0, 0.05) is 24.3 Å². The van der Waals surface area contributed by atoms with Crippen molar-refractivity contribution in [2.75, 3.05) is 11.9 Å². The summed E-state index contributed by atoms with van der Waals surface area (Å²) in [6.45, 7) is 4.89. The molecule has 0 unspecified atom stereocenters. The summed E-state index contributed by atoms with van der Waals surface area (Å²) in [5.41, 5.74) is 4.55. The molecule has 0 fully saturated rings. The van der Waals surface area contributed by atoms with E-state index in [1.807, 2.05) is 7.05 Å². The minimum absolute atomic E-state index is 0.668. The van der Waals surface area contributed by atoms with E-state index in [9.17, 15) is 0 Å². The standard InChI is InChI=1S/C12H14ClN3S/c1-8-4-5-11(9(2)6-8)16(3)7-10-12(13)17-15-14-10/h4-6H,7H2,1-3H3. The Morgan fingerprint density at radius 2 is 2.12 bits per heavy atom. The average molecular weight is 268 g/mol. The molecule has 0 aliphatic heterocycles. The Morgan fingerprint density at radius 1 is 1.35 bits per heavy atom. The molecule has 0 spiro atoms. The molecule has 0 aliphatic carbocycles. The Bertz CT molecular complexity index is 524. The first-order valence-corrected chi connectivity index (χ1v) is 6.48. The van der Waals surface area contributed by atoms with Crippen molar-refractivity contribution >= 4 is 28.8 Å². The minimum atomic E-state index is 0.668. The van der Waals surface area contributed by atoms with E-state index in [2.05, 4.69) is 46.5 Å². The van der Waals surface area contributed by atoms with E-state index < -0.39 is 0 Å². The molecule has 1 heterocycles. The minimum Gasteiger partial charge on any atom is -0.368 e. The fourth-order valence-corrected chi connectivity index (χ4v) is 2.45. The maximum atomic E-state index is 6.00. The summed E-state index contributed by atoms with van der Waals surface area (Å²) in [5.74, 6) is 0. The summed E-state index contributed by atoms with van der Waals surface area (Å²) in [6, 6.07) is 6.41. The first-order chi connectivity index (χ1) is 8.08. The van der Waals surface area contributed by atoms with Gasteiger partial charge in [0.2, 0.25) is 0 Å². The van der Waals surface area contributed by atoms with E-state index in [-0.39, 0.29) is 0 Å². The smallest absolute Gasteiger partial charge is 0.139 e. The molecule has 0 aliphatic rings. The van der Waals surface area contributed by atoms with E-state index >= 15 is 0 Å². The maximum absolute atomic E-state index is 6.00. The van der Waals surface area contributed by atoms with Crippen LogP contribution in [-0.2, 0) is 6.54 Å². The lowest BCUT2D eigenvalue weighted by atomic mass is 10.1. The summed E-state index contributed by atoms with van der Waals surface area (Å²) in [4.78, 5) is 2.14. The van der Waals surface area contributed by atoms with Crippen LogP contribution in [0, 0.1) is 13.8 Å². The number of anilines is 1. The molecule has 0 amide bonds. The Kier molecular flexibility index (Phi) is 3.64. The van der Waals surface area contributed by atoms with E-state index in [4.69, 9.17) is 11.6 Å². The zero-order valence-corrected chi connectivity index (χ0v) is 11.6. The van der Waals surface area contributed by atoms with Crippen LogP contribution in [0.15, 0.2) is 18.2 Å². The first-order valence-electron chi connectivity index (χ1n) is 5.33. The largest absolute Gasteiger partial charge is 0.368 e. The Hall–Kier alpha value is -1.13. The van der Waals surface area contributed by atoms with E-state index in [0.717, 1.165) is 5.69 Å². The zero-order chi connectivity index (χ0) is 12.4. The Labute approximate surface area is 110 Å². The van der Waals surface area contributed by atoms with Gasteiger partial charge in [-0.3, -0.25) is 0 Å². The molecular weight excluding hydrogens is 254 g/mol. The quantitative estimate of drug-likeness (QED) is 0.853. The summed E-state index contributed by atoms with van der Waals surface area (Å²) < 4.78 is 4.51. The lowest BCUT2D eigenvalue weighted by Gasteiger charge is -2.20. The molecule has 1 aromatic heterocycles. The van der Waals surface area contributed by atoms with Crippen molar-refractivity contribution in [3.8, 4) is 0 Å². The van der Waals surface area contributed by atoms with Crippen molar-refractivity contribution < 1.29 is 0 Å². The van der Waals surface area contributed by atoms with Crippen LogP contribution in [0.1, 0.15) is 16.8 Å². The van der Waals surface area contributed by atoms with Gasteiger partial charge >= 0.3 is 0 Å². The molecule has 0 radical (unpaired) electrons. The number of aromatic nitrogens is 2. The molecule has 5 heteroatoms. The van der Waals surface area contributed by atoms with Crippen LogP contribution in [-0.4, -0.2) is 16.6 Å². The molecule has 1 aromatic carbocycles. The number of nitrogens with zero attached hydrogens (tertiary/aromatic N) is 3. The monoisotopic (exact) mass is 267 g/mol. The molecule has 90 valence electrons. The normalized spacial score (nSPS) is 10.6. The van der Waals surface area contributed by atoms with Gasteiger partial charge in [0.25, 0.3) is 0 Å². The van der Waals surface area contributed by atoms with Gasteiger partial charge < -0.3 is 4.90 Å². The summed E-state index contributed by atoms with van der Waals surface area (Å²) in [5, 5.41) is 4.02. The van der Waals surface area contributed by atoms with Gasteiger partial charge in [-0.1, -0.05) is 33.8 Å². The highest BCUT2D eigenvalue weighted by molar-refractivity contribution is 7.10. The average Bonchev–Trinajstić information content (AvgIpc) is 2.64. The van der Waals surface area contributed by atoms with Crippen LogP contribution in [0.4, 0.5) is 5.69 Å². The molecule has 0 saturated carbocycles. The van der Waals surface area contributed by atoms with Gasteiger partial charge in [0.1, 0.15) is 10.0 Å². The molecule has 0 bridgehead atoms. The third-order valence-corrected chi connectivity index (χ3v) is 3.64. The number of hydrogen-bond donors (Lipinski definition) is 0. The molecular formula is C12H14ClN3S. The molecule has 2 rings (SSSR count). The number of hydrogen-bond acceptors (Lipinski definition) is 4. The van der Waals surface area contributed by atoms with E-state index in [1.54, 1.807) is 0 Å². The van der Waals surface area contributed by atoms with Crippen LogP contribution < -0.4 is 4.90 Å². The predicted octanol–water partition coefficient (Wildman–Crippen LogP) is 3.44. The molecule has 2 aromatic rings. The van der Waals surface area contributed by atoms with Gasteiger partial charge in [0.15, 0.2) is 0 Å². The van der Waals surface area contributed by atoms with Gasteiger partial charge in [-0.05, 0) is 25.5 Å². The fraction of sp³-hybridized carbons (Fsp3) is 0.333. The number of benzene rings is 1. The van der Waals surface area contributed by atoms with Crippen molar-refractivity contribution in [1.82, 2.24) is 9.59 Å². The lowest BCUT2D eigenvalue weighted by Crippen LogP contribution is -2.18. The molecule has 0 saturated heterocycles. The van der Waals surface area contributed by atoms with Crippen molar-refractivity contribution in [2.45, 2.75) is 20.4 Å². The van der Waals surface area contributed by atoms with Gasteiger partial charge in [-0.25, -0.2) is 0 Å². The predicted molar refractivity (Wildman–Crippen MR) is 72.9 cm³/mol. The van der Waals surface area contributed by atoms with E-state index in [1.165, 1.54) is 28.3 Å². The summed E-state index contributed by atoms with van der Waals surface area (Å²) in [6.07, 6.45) is 0. The van der Waals surface area contributed by atoms with Crippen molar-refractivity contribution in [1.29, 1.82) is 0 Å². The summed E-state index contributed by atoms with van der Waals surface area (Å²) >= 11 is 7.23. The Balaban J connectivity index is 2.20. The van der Waals surface area contributed by atoms with Crippen molar-refractivity contribution in [3.63, 3.8) is 0 Å². The topological polar surface area (TPSA) is 29.0 Å². The van der Waals surface area contributed by atoms with Crippen molar-refractivity contribution in [3.05, 3.63) is 39.4 Å². The molecule has 0 atom stereocenters. The highest BCUT2D eigenvalue weighted by Crippen LogP contribution is 2.24. The molecule has 3 nitrogen and oxygen atoms in total. The molecule has 17 heavy (non-hydrogen) atoms. The first kappa shape index (κ1) is 12.3. The maximum Gasteiger partial charge on any atom is 0.139 e. The number of aryl methyl sites for hydroxylation is 2. The number of rotatable bonds is 3. The lowest BCUT2D eigenvalue weighted by molar-refractivity contribution is 0.868. The van der Waals surface area contributed by atoms with Crippen LogP contribution in [0.5, 0.6) is 0 Å². The van der Waals surface area contributed by atoms with Crippen molar-refractivity contribution in [2.24, 2.45) is 0 Å². The van der Waals surface area contributed by atoms with Crippen LogP contribution >= 0.6 is 23.1 Å². The third-order valence-electron chi connectivity index (χ3n) is 2.66. The second kappa shape index (κ2) is 5.02. The fourth-order valence-electron chi connectivity index (χ4n) is 1.83. The van der Waals surface area contributed by atoms with Crippen LogP contribution in [0.2, 0.25) is 4.34 Å². The Morgan fingerprint density at radius 3 is 2.71 bits per heavy atom. The second-order valence-corrected chi connectivity index (χ2v) is 5.50. The highest BCUT2D eigenvalue weighted by atomic mass is 35.5. The van der Waals surface area contributed by atoms with E-state index in [0.29, 0.717) is 10.9 Å². The second-order valence-electron chi connectivity index (χ2n) is 4.14. The van der Waals surface area contributed by atoms with Crippen LogP contribution in [0.25, 0.3) is 0 Å². The van der Waals surface area contributed by atoms with Gasteiger partial charge in [0.05, 0.1) is 6.54 Å². The SMILES string of the molecule is Cc1ccc(N(C)Cc2nnsc2Cl)c(C)c1. The number of halogens is 1. The van der Waals surface area contributed by atoms with Gasteiger partial charge in [-0.2, -0.15) is 0 Å². The van der Waals surface area contributed by atoms with Gasteiger partial charge in [-0.15, -0.1) is 5.10 Å². The zero-order valence-electron chi connectivity index (χ0n) is 10.1. The third kappa shape index (κ3) is 2.76. The molecule has 0 N–H and O–H groups in total. The van der Waals surface area contributed by atoms with Crippen LogP contribution in [0.3, 0.4) is 0 Å². The summed E-state index contributed by atoms with van der Waals surface area (Å²) in [7, 11) is 2.04. The highest BCUT2D eigenvalue weighted by Gasteiger charge is 2.10.